The van der Waals surface area contributed by atoms with Gasteiger partial charge in [0.05, 0.1) is 6.54 Å². The lowest BCUT2D eigenvalue weighted by Gasteiger charge is -2.35. The van der Waals surface area contributed by atoms with Gasteiger partial charge in [-0.25, -0.2) is 0 Å². The van der Waals surface area contributed by atoms with Gasteiger partial charge in [0.15, 0.2) is 5.76 Å². The van der Waals surface area contributed by atoms with Crippen LogP contribution in [0, 0.1) is 0 Å². The molecular formula is C22H32N2O2. The summed E-state index contributed by atoms with van der Waals surface area (Å²) in [4.78, 5) is 14.5. The molecule has 0 aliphatic rings. The zero-order chi connectivity index (χ0) is 19.0. The molecule has 1 amide bonds. The first-order valence-electron chi connectivity index (χ1n) is 9.56. The molecule has 2 rings (SSSR count). The molecule has 0 radical (unpaired) electrons. The molecule has 0 fully saturated rings. The Morgan fingerprint density at radius 1 is 1.04 bits per heavy atom. The average molecular weight is 357 g/mol. The van der Waals surface area contributed by atoms with Crippen LogP contribution in [0.2, 0.25) is 0 Å². The Bertz CT molecular complexity index is 671. The van der Waals surface area contributed by atoms with Crippen molar-refractivity contribution >= 4 is 5.91 Å². The van der Waals surface area contributed by atoms with Crippen molar-refractivity contribution in [1.82, 2.24) is 10.2 Å². The highest BCUT2D eigenvalue weighted by molar-refractivity contribution is 5.91. The van der Waals surface area contributed by atoms with E-state index in [0.717, 1.165) is 31.6 Å². The van der Waals surface area contributed by atoms with Gasteiger partial charge < -0.3 is 9.73 Å². The average Bonchev–Trinajstić information content (AvgIpc) is 3.07. The molecule has 1 aromatic carbocycles. The summed E-state index contributed by atoms with van der Waals surface area (Å²) in [6, 6.07) is 14.1. The number of rotatable bonds is 9. The molecule has 0 bridgehead atoms. The molecular weight excluding hydrogens is 324 g/mol. The highest BCUT2D eigenvalue weighted by atomic mass is 16.4. The Balaban J connectivity index is 1.98. The number of carbonyl (C=O) groups excluding carboxylic acids is 1. The summed E-state index contributed by atoms with van der Waals surface area (Å²) in [7, 11) is 0. The predicted molar refractivity (Wildman–Crippen MR) is 106 cm³/mol. The molecule has 0 spiro atoms. The summed E-state index contributed by atoms with van der Waals surface area (Å²) in [5, 5.41) is 2.92. The molecule has 0 atom stereocenters. The van der Waals surface area contributed by atoms with Crippen molar-refractivity contribution in [3.05, 3.63) is 59.5 Å². The van der Waals surface area contributed by atoms with E-state index in [1.807, 2.05) is 12.1 Å². The van der Waals surface area contributed by atoms with Crippen LogP contribution in [0.4, 0.5) is 0 Å². The van der Waals surface area contributed by atoms with Gasteiger partial charge in [-0.2, -0.15) is 0 Å². The summed E-state index contributed by atoms with van der Waals surface area (Å²) in [5.74, 6) is 1.08. The molecule has 4 nitrogen and oxygen atoms in total. The molecule has 0 aliphatic carbocycles. The van der Waals surface area contributed by atoms with E-state index in [2.05, 4.69) is 62.2 Å². The fraction of sp³-hybridized carbons (Fsp3) is 0.500. The van der Waals surface area contributed by atoms with E-state index < -0.39 is 0 Å². The second-order valence-corrected chi connectivity index (χ2v) is 7.74. The third-order valence-corrected chi connectivity index (χ3v) is 4.46. The van der Waals surface area contributed by atoms with Crippen molar-refractivity contribution < 1.29 is 9.21 Å². The number of carbonyl (C=O) groups is 1. The first-order valence-corrected chi connectivity index (χ1v) is 9.56. The highest BCUT2D eigenvalue weighted by Gasteiger charge is 2.23. The zero-order valence-electron chi connectivity index (χ0n) is 16.5. The maximum absolute atomic E-state index is 12.2. The Morgan fingerprint density at radius 3 is 2.42 bits per heavy atom. The minimum absolute atomic E-state index is 0.00872. The Hall–Kier alpha value is -2.07. The lowest BCUT2D eigenvalue weighted by molar-refractivity contribution is 0.0905. The standard InChI is InChI=1S/C22H32N2O2/c1-5-6-10-15-23-21(25)20-14-13-19(26-20)17-24(22(2,3)4)16-18-11-8-7-9-12-18/h7-9,11-14H,5-6,10,15-17H2,1-4H3,(H,23,25). The SMILES string of the molecule is CCCCCNC(=O)c1ccc(CN(Cc2ccccc2)C(C)(C)C)o1. The summed E-state index contributed by atoms with van der Waals surface area (Å²) in [5.41, 5.74) is 1.26. The summed E-state index contributed by atoms with van der Waals surface area (Å²) in [6.45, 7) is 10.9. The number of unbranched alkanes of at least 4 members (excludes halogenated alkanes) is 2. The molecule has 1 heterocycles. The normalized spacial score (nSPS) is 11.7. The minimum Gasteiger partial charge on any atom is -0.455 e. The second-order valence-electron chi connectivity index (χ2n) is 7.74. The van der Waals surface area contributed by atoms with Gasteiger partial charge in [0.25, 0.3) is 5.91 Å². The van der Waals surface area contributed by atoms with Gasteiger partial charge in [0.2, 0.25) is 0 Å². The molecule has 142 valence electrons. The van der Waals surface area contributed by atoms with Gasteiger partial charge in [-0.15, -0.1) is 0 Å². The first-order chi connectivity index (χ1) is 12.4. The molecule has 0 saturated carbocycles. The van der Waals surface area contributed by atoms with Crippen LogP contribution in [0.25, 0.3) is 0 Å². The largest absolute Gasteiger partial charge is 0.455 e. The Labute approximate surface area is 157 Å². The Kier molecular flexibility index (Phi) is 7.46. The summed E-state index contributed by atoms with van der Waals surface area (Å²) < 4.78 is 5.81. The number of benzene rings is 1. The van der Waals surface area contributed by atoms with Gasteiger partial charge in [-0.3, -0.25) is 9.69 Å². The maximum Gasteiger partial charge on any atom is 0.286 e. The van der Waals surface area contributed by atoms with E-state index in [1.165, 1.54) is 5.56 Å². The van der Waals surface area contributed by atoms with Crippen molar-refractivity contribution in [2.24, 2.45) is 0 Å². The van der Waals surface area contributed by atoms with Gasteiger partial charge in [-0.1, -0.05) is 50.1 Å². The van der Waals surface area contributed by atoms with E-state index in [1.54, 1.807) is 6.07 Å². The van der Waals surface area contributed by atoms with Crippen LogP contribution in [-0.2, 0) is 13.1 Å². The van der Waals surface area contributed by atoms with Crippen LogP contribution in [0.5, 0.6) is 0 Å². The number of hydrogen-bond donors (Lipinski definition) is 1. The van der Waals surface area contributed by atoms with E-state index in [4.69, 9.17) is 4.42 Å². The third kappa shape index (κ3) is 6.34. The molecule has 4 heteroatoms. The number of amides is 1. The van der Waals surface area contributed by atoms with Crippen LogP contribution in [0.15, 0.2) is 46.9 Å². The van der Waals surface area contributed by atoms with E-state index in [9.17, 15) is 4.79 Å². The summed E-state index contributed by atoms with van der Waals surface area (Å²) >= 11 is 0. The lowest BCUT2D eigenvalue weighted by Crippen LogP contribution is -2.40. The Morgan fingerprint density at radius 2 is 1.77 bits per heavy atom. The van der Waals surface area contributed by atoms with Gasteiger partial charge in [0.1, 0.15) is 5.76 Å². The topological polar surface area (TPSA) is 45.5 Å². The van der Waals surface area contributed by atoms with Crippen LogP contribution in [-0.4, -0.2) is 22.9 Å². The van der Waals surface area contributed by atoms with Crippen LogP contribution >= 0.6 is 0 Å². The zero-order valence-corrected chi connectivity index (χ0v) is 16.5. The fourth-order valence-corrected chi connectivity index (χ4v) is 2.77. The number of furan rings is 1. The van der Waals surface area contributed by atoms with Gasteiger partial charge in [0, 0.05) is 18.6 Å². The predicted octanol–water partition coefficient (Wildman–Crippen LogP) is 5.00. The molecule has 2 aromatic rings. The molecule has 0 unspecified atom stereocenters. The maximum atomic E-state index is 12.2. The van der Waals surface area contributed by atoms with Crippen LogP contribution in [0.1, 0.15) is 68.8 Å². The first kappa shape index (κ1) is 20.2. The van der Waals surface area contributed by atoms with Crippen molar-refractivity contribution in [3.8, 4) is 0 Å². The molecule has 0 aliphatic heterocycles. The summed E-state index contributed by atoms with van der Waals surface area (Å²) in [6.07, 6.45) is 3.28. The van der Waals surface area contributed by atoms with Crippen molar-refractivity contribution in [2.45, 2.75) is 65.6 Å². The second kappa shape index (κ2) is 9.58. The van der Waals surface area contributed by atoms with Crippen molar-refractivity contribution in [2.75, 3.05) is 6.54 Å². The monoisotopic (exact) mass is 356 g/mol. The minimum atomic E-state index is -0.127. The van der Waals surface area contributed by atoms with Crippen molar-refractivity contribution in [1.29, 1.82) is 0 Å². The smallest absolute Gasteiger partial charge is 0.286 e. The number of hydrogen-bond acceptors (Lipinski definition) is 3. The molecule has 1 N–H and O–H groups in total. The fourth-order valence-electron chi connectivity index (χ4n) is 2.77. The van der Waals surface area contributed by atoms with E-state index >= 15 is 0 Å². The van der Waals surface area contributed by atoms with Crippen molar-refractivity contribution in [3.63, 3.8) is 0 Å². The highest BCUT2D eigenvalue weighted by Crippen LogP contribution is 2.21. The molecule has 1 aromatic heterocycles. The molecule has 26 heavy (non-hydrogen) atoms. The van der Waals surface area contributed by atoms with Gasteiger partial charge >= 0.3 is 0 Å². The van der Waals surface area contributed by atoms with E-state index in [0.29, 0.717) is 18.8 Å². The van der Waals surface area contributed by atoms with Crippen LogP contribution < -0.4 is 5.32 Å². The molecule has 0 saturated heterocycles. The lowest BCUT2D eigenvalue weighted by atomic mass is 10.0. The van der Waals surface area contributed by atoms with Crippen LogP contribution in [0.3, 0.4) is 0 Å². The third-order valence-electron chi connectivity index (χ3n) is 4.46. The quantitative estimate of drug-likeness (QED) is 0.643. The van der Waals surface area contributed by atoms with Gasteiger partial charge in [-0.05, 0) is 44.9 Å². The number of nitrogens with zero attached hydrogens (tertiary/aromatic N) is 1. The number of nitrogens with one attached hydrogen (secondary N) is 1. The van der Waals surface area contributed by atoms with E-state index in [-0.39, 0.29) is 11.4 Å².